The van der Waals surface area contributed by atoms with Gasteiger partial charge in [-0.2, -0.15) is 0 Å². The van der Waals surface area contributed by atoms with Gasteiger partial charge in [-0.25, -0.2) is 17.5 Å². The van der Waals surface area contributed by atoms with Gasteiger partial charge in [0, 0.05) is 13.0 Å². The zero-order valence-electron chi connectivity index (χ0n) is 12.9. The molecular weight excluding hydrogens is 333 g/mol. The normalized spacial score (nSPS) is 14.9. The quantitative estimate of drug-likeness (QED) is 0.834. The fraction of sp³-hybridized carbons (Fsp3) is 0.294. The summed E-state index contributed by atoms with van der Waals surface area (Å²) in [5.74, 6) is -0.0177. The Kier molecular flexibility index (Phi) is 4.84. The predicted octanol–water partition coefficient (Wildman–Crippen LogP) is 1.91. The van der Waals surface area contributed by atoms with Crippen LogP contribution in [-0.4, -0.2) is 26.7 Å². The van der Waals surface area contributed by atoms with Gasteiger partial charge in [0.15, 0.2) is 0 Å². The number of fused-ring (bicyclic) bond motifs is 1. The first-order valence-electron chi connectivity index (χ1n) is 7.58. The summed E-state index contributed by atoms with van der Waals surface area (Å²) in [7, 11) is -3.67. The van der Waals surface area contributed by atoms with Crippen LogP contribution in [0.2, 0.25) is 0 Å². The first kappa shape index (κ1) is 16.9. The minimum Gasteiger partial charge on any atom is -0.493 e. The molecule has 1 heterocycles. The molecule has 0 fully saturated rings. The summed E-state index contributed by atoms with van der Waals surface area (Å²) >= 11 is 0. The Balaban J connectivity index is 1.61. The van der Waals surface area contributed by atoms with Gasteiger partial charge in [-0.15, -0.1) is 0 Å². The van der Waals surface area contributed by atoms with E-state index >= 15 is 0 Å². The summed E-state index contributed by atoms with van der Waals surface area (Å²) in [5, 5.41) is 10.2. The van der Waals surface area contributed by atoms with Gasteiger partial charge in [0.2, 0.25) is 10.0 Å². The van der Waals surface area contributed by atoms with E-state index in [1.807, 2.05) is 6.07 Å². The maximum atomic E-state index is 13.1. The van der Waals surface area contributed by atoms with Crippen molar-refractivity contribution < 1.29 is 22.7 Å². The van der Waals surface area contributed by atoms with E-state index in [1.54, 1.807) is 18.2 Å². The predicted molar refractivity (Wildman–Crippen MR) is 87.6 cm³/mol. The number of aliphatic hydroxyl groups excluding tert-OH is 1. The number of sulfonamides is 1. The summed E-state index contributed by atoms with van der Waals surface area (Å²) in [4.78, 5) is 0. The van der Waals surface area contributed by atoms with Crippen LogP contribution in [0.1, 0.15) is 22.8 Å². The van der Waals surface area contributed by atoms with E-state index in [4.69, 9.17) is 4.74 Å². The lowest BCUT2D eigenvalue weighted by molar-refractivity contribution is 0.182. The first-order valence-corrected chi connectivity index (χ1v) is 9.24. The van der Waals surface area contributed by atoms with Crippen LogP contribution < -0.4 is 9.46 Å². The maximum Gasteiger partial charge on any atom is 0.215 e. The van der Waals surface area contributed by atoms with Gasteiger partial charge in [-0.1, -0.05) is 18.2 Å². The van der Waals surface area contributed by atoms with Crippen LogP contribution in [0.4, 0.5) is 4.39 Å². The van der Waals surface area contributed by atoms with E-state index in [0.717, 1.165) is 17.7 Å². The number of hydrogen-bond acceptors (Lipinski definition) is 4. The highest BCUT2D eigenvalue weighted by atomic mass is 32.2. The first-order chi connectivity index (χ1) is 11.4. The van der Waals surface area contributed by atoms with Crippen molar-refractivity contribution in [3.05, 3.63) is 65.0 Å². The zero-order chi connectivity index (χ0) is 17.2. The fourth-order valence-electron chi connectivity index (χ4n) is 2.63. The van der Waals surface area contributed by atoms with Gasteiger partial charge in [-0.05, 0) is 41.0 Å². The summed E-state index contributed by atoms with van der Waals surface area (Å²) in [6.07, 6.45) is -0.181. The second kappa shape index (κ2) is 6.88. The average molecular weight is 351 g/mol. The Morgan fingerprint density at radius 3 is 2.88 bits per heavy atom. The third kappa shape index (κ3) is 4.11. The molecule has 0 saturated heterocycles. The molecule has 5 nitrogen and oxygen atoms in total. The summed E-state index contributed by atoms with van der Waals surface area (Å²) in [6.45, 7) is 0.479. The van der Waals surface area contributed by atoms with Gasteiger partial charge < -0.3 is 9.84 Å². The summed E-state index contributed by atoms with van der Waals surface area (Å²) in [5.41, 5.74) is 1.99. The van der Waals surface area contributed by atoms with Crippen LogP contribution in [0.25, 0.3) is 0 Å². The molecule has 128 valence electrons. The molecule has 2 N–H and O–H groups in total. The van der Waals surface area contributed by atoms with E-state index in [0.29, 0.717) is 17.7 Å². The summed E-state index contributed by atoms with van der Waals surface area (Å²) < 4.78 is 45.0. The van der Waals surface area contributed by atoms with Crippen LogP contribution >= 0.6 is 0 Å². The van der Waals surface area contributed by atoms with E-state index in [2.05, 4.69) is 4.72 Å². The highest BCUT2D eigenvalue weighted by molar-refractivity contribution is 7.88. The van der Waals surface area contributed by atoms with E-state index < -0.39 is 21.9 Å². The molecule has 1 unspecified atom stereocenters. The molecule has 0 radical (unpaired) electrons. The van der Waals surface area contributed by atoms with Gasteiger partial charge in [0.1, 0.15) is 11.6 Å². The third-order valence-corrected chi connectivity index (χ3v) is 5.16. The largest absolute Gasteiger partial charge is 0.493 e. The molecule has 0 spiro atoms. The fourth-order valence-corrected chi connectivity index (χ4v) is 3.77. The number of ether oxygens (including phenoxy) is 1. The highest BCUT2D eigenvalue weighted by Crippen LogP contribution is 2.28. The monoisotopic (exact) mass is 351 g/mol. The number of rotatable bonds is 6. The Morgan fingerprint density at radius 2 is 2.08 bits per heavy atom. The number of aliphatic hydroxyl groups is 1. The van der Waals surface area contributed by atoms with Crippen LogP contribution in [-0.2, 0) is 22.2 Å². The Bertz CT molecular complexity index is 838. The lowest BCUT2D eigenvalue weighted by Crippen LogP contribution is -2.29. The minimum absolute atomic E-state index is 0.142. The molecule has 2 aromatic rings. The van der Waals surface area contributed by atoms with Crippen molar-refractivity contribution in [1.29, 1.82) is 0 Å². The maximum absolute atomic E-state index is 13.1. The highest BCUT2D eigenvalue weighted by Gasteiger charge is 2.18. The minimum atomic E-state index is -3.67. The van der Waals surface area contributed by atoms with Gasteiger partial charge in [-0.3, -0.25) is 0 Å². The smallest absolute Gasteiger partial charge is 0.215 e. The van der Waals surface area contributed by atoms with Crippen molar-refractivity contribution in [2.24, 2.45) is 0 Å². The lowest BCUT2D eigenvalue weighted by Gasteiger charge is -2.13. The molecule has 1 atom stereocenters. The molecule has 2 aromatic carbocycles. The second-order valence-corrected chi connectivity index (χ2v) is 7.53. The Labute approximate surface area is 140 Å². The SMILES string of the molecule is O=S(=O)(Cc1cccc(F)c1)NCC(O)c1ccc2c(c1)CCO2. The van der Waals surface area contributed by atoms with Gasteiger partial charge in [0.05, 0.1) is 18.5 Å². The number of benzene rings is 2. The Hall–Kier alpha value is -1.96. The van der Waals surface area contributed by atoms with Crippen molar-refractivity contribution in [3.63, 3.8) is 0 Å². The van der Waals surface area contributed by atoms with Crippen molar-refractivity contribution >= 4 is 10.0 Å². The molecule has 0 bridgehead atoms. The lowest BCUT2D eigenvalue weighted by atomic mass is 10.0. The van der Waals surface area contributed by atoms with Gasteiger partial charge >= 0.3 is 0 Å². The molecule has 0 amide bonds. The zero-order valence-corrected chi connectivity index (χ0v) is 13.7. The van der Waals surface area contributed by atoms with Crippen molar-refractivity contribution in [3.8, 4) is 5.75 Å². The number of halogens is 1. The Morgan fingerprint density at radius 1 is 1.25 bits per heavy atom. The third-order valence-electron chi connectivity index (χ3n) is 3.84. The van der Waals surface area contributed by atoms with Crippen molar-refractivity contribution in [2.45, 2.75) is 18.3 Å². The number of nitrogens with one attached hydrogen (secondary N) is 1. The average Bonchev–Trinajstić information content (AvgIpc) is 2.99. The van der Waals surface area contributed by atoms with Crippen molar-refractivity contribution in [1.82, 2.24) is 4.72 Å². The molecule has 0 aromatic heterocycles. The second-order valence-electron chi connectivity index (χ2n) is 5.72. The standard InChI is InChI=1S/C17H18FNO4S/c18-15-3-1-2-12(8-15)11-24(21,22)19-10-16(20)13-4-5-17-14(9-13)6-7-23-17/h1-5,8-9,16,19-20H,6-7,10-11H2. The van der Waals surface area contributed by atoms with Crippen LogP contribution in [0.3, 0.4) is 0 Å². The van der Waals surface area contributed by atoms with Gasteiger partial charge in [0.25, 0.3) is 0 Å². The van der Waals surface area contributed by atoms with E-state index in [1.165, 1.54) is 18.2 Å². The molecular formula is C17H18FNO4S. The molecule has 7 heteroatoms. The van der Waals surface area contributed by atoms with Crippen LogP contribution in [0, 0.1) is 5.82 Å². The molecule has 1 aliphatic rings. The molecule has 1 aliphatic heterocycles. The van der Waals surface area contributed by atoms with E-state index in [9.17, 15) is 17.9 Å². The molecule has 3 rings (SSSR count). The molecule has 0 saturated carbocycles. The van der Waals surface area contributed by atoms with Crippen LogP contribution in [0.15, 0.2) is 42.5 Å². The van der Waals surface area contributed by atoms with Crippen LogP contribution in [0.5, 0.6) is 5.75 Å². The molecule has 24 heavy (non-hydrogen) atoms. The summed E-state index contributed by atoms with van der Waals surface area (Å²) in [6, 6.07) is 10.8. The topological polar surface area (TPSA) is 75.6 Å². The molecule has 0 aliphatic carbocycles. The van der Waals surface area contributed by atoms with Crippen molar-refractivity contribution in [2.75, 3.05) is 13.2 Å². The van der Waals surface area contributed by atoms with E-state index in [-0.39, 0.29) is 12.3 Å². The number of hydrogen-bond donors (Lipinski definition) is 2.